The zero-order valence-electron chi connectivity index (χ0n) is 14.2. The number of anilines is 1. The summed E-state index contributed by atoms with van der Waals surface area (Å²) in [6.07, 6.45) is 1.06. The van der Waals surface area contributed by atoms with Crippen molar-refractivity contribution in [1.82, 2.24) is 4.57 Å². The molecule has 5 nitrogen and oxygen atoms in total. The lowest BCUT2D eigenvalue weighted by molar-refractivity contribution is -0.116. The van der Waals surface area contributed by atoms with E-state index in [-0.39, 0.29) is 10.8 Å². The number of carbonyl (C=O) groups excluding carboxylic acids is 1. The van der Waals surface area contributed by atoms with Crippen molar-refractivity contribution in [1.29, 1.82) is 0 Å². The number of amides is 1. The van der Waals surface area contributed by atoms with E-state index in [9.17, 15) is 9.59 Å². The van der Waals surface area contributed by atoms with Crippen LogP contribution >= 0.6 is 11.3 Å². The third-order valence-electron chi connectivity index (χ3n) is 4.07. The molecule has 1 amide bonds. The van der Waals surface area contributed by atoms with Gasteiger partial charge in [0, 0.05) is 18.7 Å². The first kappa shape index (κ1) is 17.2. The fourth-order valence-corrected chi connectivity index (χ4v) is 3.71. The number of nitrogens with zero attached hydrogens (tertiary/aromatic N) is 1. The lowest BCUT2D eigenvalue weighted by Gasteiger charge is -2.07. The molecule has 0 saturated heterocycles. The number of nitrogens with one attached hydrogen (secondary N) is 1. The molecule has 6 heteroatoms. The van der Waals surface area contributed by atoms with E-state index in [1.807, 2.05) is 49.4 Å². The van der Waals surface area contributed by atoms with E-state index in [0.29, 0.717) is 19.4 Å². The minimum atomic E-state index is -0.0440. The Morgan fingerprint density at radius 2 is 1.96 bits per heavy atom. The summed E-state index contributed by atoms with van der Waals surface area (Å²) in [5, 5.41) is 2.91. The smallest absolute Gasteiger partial charge is 0.308 e. The fraction of sp³-hybridized carbons (Fsp3) is 0.263. The van der Waals surface area contributed by atoms with Gasteiger partial charge in [-0.15, -0.1) is 0 Å². The molecule has 3 rings (SSSR count). The molecule has 25 heavy (non-hydrogen) atoms. The van der Waals surface area contributed by atoms with Crippen molar-refractivity contribution in [3.63, 3.8) is 0 Å². The van der Waals surface area contributed by atoms with Gasteiger partial charge in [0.2, 0.25) is 5.91 Å². The summed E-state index contributed by atoms with van der Waals surface area (Å²) in [4.78, 5) is 24.1. The van der Waals surface area contributed by atoms with Crippen LogP contribution in [0, 0.1) is 0 Å². The third kappa shape index (κ3) is 3.91. The Labute approximate surface area is 149 Å². The highest BCUT2D eigenvalue weighted by atomic mass is 32.1. The van der Waals surface area contributed by atoms with Gasteiger partial charge in [-0.25, -0.2) is 0 Å². The number of hydrogen-bond acceptors (Lipinski definition) is 4. The monoisotopic (exact) mass is 356 g/mol. The van der Waals surface area contributed by atoms with Crippen LogP contribution in [0.25, 0.3) is 10.2 Å². The zero-order chi connectivity index (χ0) is 17.8. The average Bonchev–Trinajstić information content (AvgIpc) is 2.94. The van der Waals surface area contributed by atoms with Crippen LogP contribution in [-0.2, 0) is 17.8 Å². The van der Waals surface area contributed by atoms with E-state index < -0.39 is 0 Å². The van der Waals surface area contributed by atoms with Crippen LogP contribution in [0.1, 0.15) is 18.9 Å². The van der Waals surface area contributed by atoms with Crippen molar-refractivity contribution in [2.75, 3.05) is 12.4 Å². The summed E-state index contributed by atoms with van der Waals surface area (Å²) in [7, 11) is 1.63. The molecule has 0 aliphatic carbocycles. The van der Waals surface area contributed by atoms with Crippen LogP contribution in [0.2, 0.25) is 0 Å². The van der Waals surface area contributed by atoms with Crippen molar-refractivity contribution in [3.8, 4) is 5.75 Å². The Morgan fingerprint density at radius 3 is 2.64 bits per heavy atom. The molecule has 0 atom stereocenters. The Morgan fingerprint density at radius 1 is 1.20 bits per heavy atom. The number of thiazole rings is 1. The molecule has 130 valence electrons. The van der Waals surface area contributed by atoms with Crippen molar-refractivity contribution in [2.45, 2.75) is 26.3 Å². The van der Waals surface area contributed by atoms with E-state index in [1.54, 1.807) is 11.7 Å². The maximum atomic E-state index is 12.2. The van der Waals surface area contributed by atoms with Crippen molar-refractivity contribution < 1.29 is 9.53 Å². The van der Waals surface area contributed by atoms with Crippen LogP contribution in [0.5, 0.6) is 5.75 Å². The number of aromatic nitrogens is 1. The largest absolute Gasteiger partial charge is 0.497 e. The normalized spacial score (nSPS) is 10.8. The van der Waals surface area contributed by atoms with Crippen LogP contribution in [0.4, 0.5) is 5.69 Å². The van der Waals surface area contributed by atoms with Gasteiger partial charge in [0.1, 0.15) is 5.75 Å². The lowest BCUT2D eigenvalue weighted by atomic mass is 10.1. The van der Waals surface area contributed by atoms with Crippen LogP contribution in [0.3, 0.4) is 0 Å². The molecule has 0 aliphatic rings. The van der Waals surface area contributed by atoms with E-state index in [2.05, 4.69) is 5.32 Å². The minimum Gasteiger partial charge on any atom is -0.497 e. The van der Waals surface area contributed by atoms with Gasteiger partial charge in [-0.05, 0) is 49.2 Å². The average molecular weight is 356 g/mol. The molecule has 1 aromatic heterocycles. The number of methoxy groups -OCH3 is 1. The lowest BCUT2D eigenvalue weighted by Crippen LogP contribution is -2.12. The van der Waals surface area contributed by atoms with Gasteiger partial charge in [0.25, 0.3) is 0 Å². The highest BCUT2D eigenvalue weighted by molar-refractivity contribution is 7.16. The number of hydrogen-bond donors (Lipinski definition) is 1. The standard InChI is InChI=1S/C19H20N2O3S/c1-3-21-16-10-7-14(12-17(16)25-19(21)23)20-18(22)11-6-13-4-8-15(24-2)9-5-13/h4-5,7-10,12H,3,6,11H2,1-2H3,(H,20,22). The van der Waals surface area contributed by atoms with Crippen molar-refractivity contribution in [3.05, 3.63) is 57.7 Å². The maximum Gasteiger partial charge on any atom is 0.308 e. The molecule has 0 bridgehead atoms. The Bertz CT molecular complexity index is 941. The predicted octanol–water partition coefficient (Wildman–Crippen LogP) is 3.66. The third-order valence-corrected chi connectivity index (χ3v) is 5.01. The molecule has 0 unspecified atom stereocenters. The number of aryl methyl sites for hydroxylation is 2. The highest BCUT2D eigenvalue weighted by Gasteiger charge is 2.08. The quantitative estimate of drug-likeness (QED) is 0.733. The molecule has 0 saturated carbocycles. The van der Waals surface area contributed by atoms with Gasteiger partial charge in [-0.3, -0.25) is 14.2 Å². The number of fused-ring (bicyclic) bond motifs is 1. The van der Waals surface area contributed by atoms with Crippen molar-refractivity contribution in [2.24, 2.45) is 0 Å². The van der Waals surface area contributed by atoms with Gasteiger partial charge in [0.15, 0.2) is 0 Å². The minimum absolute atomic E-state index is 0.0282. The Hall–Kier alpha value is -2.60. The second-order valence-electron chi connectivity index (χ2n) is 5.69. The van der Waals surface area contributed by atoms with Crippen LogP contribution in [0.15, 0.2) is 47.3 Å². The van der Waals surface area contributed by atoms with Gasteiger partial charge in [-0.2, -0.15) is 0 Å². The summed E-state index contributed by atoms with van der Waals surface area (Å²) in [6.45, 7) is 2.59. The maximum absolute atomic E-state index is 12.2. The zero-order valence-corrected chi connectivity index (χ0v) is 15.1. The van der Waals surface area contributed by atoms with Gasteiger partial charge < -0.3 is 10.1 Å². The Balaban J connectivity index is 1.64. The number of ether oxygens (including phenoxy) is 1. The number of benzene rings is 2. The molecule has 3 aromatic rings. The number of rotatable bonds is 6. The van der Waals surface area contributed by atoms with E-state index in [0.717, 1.165) is 27.2 Å². The molecule has 0 spiro atoms. The molecular weight excluding hydrogens is 336 g/mol. The molecule has 2 aromatic carbocycles. The summed E-state index contributed by atoms with van der Waals surface area (Å²) in [6, 6.07) is 13.3. The molecule has 0 fully saturated rings. The van der Waals surface area contributed by atoms with Gasteiger partial charge >= 0.3 is 4.87 Å². The molecule has 1 N–H and O–H groups in total. The second kappa shape index (κ2) is 7.53. The molecule has 0 radical (unpaired) electrons. The molecular formula is C19H20N2O3S. The second-order valence-corrected chi connectivity index (χ2v) is 6.68. The van der Waals surface area contributed by atoms with E-state index >= 15 is 0 Å². The number of carbonyl (C=O) groups is 1. The molecule has 1 heterocycles. The summed E-state index contributed by atoms with van der Waals surface area (Å²) in [5.74, 6) is 0.761. The SMILES string of the molecule is CCn1c(=O)sc2cc(NC(=O)CCc3ccc(OC)cc3)ccc21. The Kier molecular flexibility index (Phi) is 5.19. The van der Waals surface area contributed by atoms with Crippen LogP contribution < -0.4 is 14.9 Å². The predicted molar refractivity (Wildman–Crippen MR) is 102 cm³/mol. The topological polar surface area (TPSA) is 60.3 Å². The van der Waals surface area contributed by atoms with E-state index in [1.165, 1.54) is 11.3 Å². The van der Waals surface area contributed by atoms with Gasteiger partial charge in [-0.1, -0.05) is 23.5 Å². The summed E-state index contributed by atoms with van der Waals surface area (Å²) >= 11 is 1.20. The highest BCUT2D eigenvalue weighted by Crippen LogP contribution is 2.22. The summed E-state index contributed by atoms with van der Waals surface area (Å²) in [5.41, 5.74) is 2.72. The fourth-order valence-electron chi connectivity index (χ4n) is 2.72. The first-order valence-electron chi connectivity index (χ1n) is 8.17. The van der Waals surface area contributed by atoms with Gasteiger partial charge in [0.05, 0.1) is 17.3 Å². The first-order chi connectivity index (χ1) is 12.1. The summed E-state index contributed by atoms with van der Waals surface area (Å²) < 4.78 is 7.74. The van der Waals surface area contributed by atoms with Crippen molar-refractivity contribution >= 4 is 33.1 Å². The van der Waals surface area contributed by atoms with E-state index in [4.69, 9.17) is 4.74 Å². The molecule has 0 aliphatic heterocycles. The van der Waals surface area contributed by atoms with Crippen LogP contribution in [-0.4, -0.2) is 17.6 Å². The first-order valence-corrected chi connectivity index (χ1v) is 8.98.